The Morgan fingerprint density at radius 1 is 1.26 bits per heavy atom. The van der Waals surface area contributed by atoms with Gasteiger partial charge in [0.25, 0.3) is 5.01 Å². The van der Waals surface area contributed by atoms with Crippen LogP contribution in [0.15, 0.2) is 53.9 Å². The minimum absolute atomic E-state index is 0.228. The van der Waals surface area contributed by atoms with E-state index in [0.717, 1.165) is 51.1 Å². The van der Waals surface area contributed by atoms with Crippen molar-refractivity contribution in [3.8, 4) is 11.5 Å². The smallest absolute Gasteiger partial charge is 0.263 e. The Hall–Kier alpha value is -2.59. The molecule has 0 radical (unpaired) electrons. The minimum Gasteiger partial charge on any atom is -0.748 e. The first kappa shape index (κ1) is 25.5. The highest BCUT2D eigenvalue weighted by Crippen LogP contribution is 2.41. The van der Waals surface area contributed by atoms with Gasteiger partial charge in [0.05, 0.1) is 29.0 Å². The van der Waals surface area contributed by atoms with E-state index >= 15 is 0 Å². The molecule has 0 fully saturated rings. The Morgan fingerprint density at radius 2 is 2.06 bits per heavy atom. The zero-order valence-corrected chi connectivity index (χ0v) is 22.2. The van der Waals surface area contributed by atoms with Crippen LogP contribution in [0.2, 0.25) is 5.02 Å². The van der Waals surface area contributed by atoms with E-state index in [1.54, 1.807) is 18.4 Å². The average Bonchev–Trinajstić information content (AvgIpc) is 3.33. The molecule has 0 amide bonds. The van der Waals surface area contributed by atoms with Crippen LogP contribution >= 0.6 is 22.9 Å². The number of hydrogen-bond donors (Lipinski definition) is 0. The summed E-state index contributed by atoms with van der Waals surface area (Å²) in [6, 6.07) is 11.4. The maximum atomic E-state index is 11.2. The molecule has 186 valence electrons. The standard InChI is InChI=1S/C25H27ClN2O5S2/c1-4-17(13-24-27(5-2)20-15-18(26)7-9-22(20)33-24)14-25-28(11-6-12-35(29,30)31)21-16-19(32-3)8-10-23(21)34-25/h7-10,13-16H,4-6,11-12H2,1-3H3. The molecule has 0 spiro atoms. The summed E-state index contributed by atoms with van der Waals surface area (Å²) in [7, 11) is -2.67. The van der Waals surface area contributed by atoms with Crippen LogP contribution in [0.1, 0.15) is 31.7 Å². The second-order valence-electron chi connectivity index (χ2n) is 8.05. The van der Waals surface area contributed by atoms with Crippen molar-refractivity contribution in [1.29, 1.82) is 0 Å². The Labute approximate surface area is 214 Å². The molecular formula is C25H27ClN2O5S2. The lowest BCUT2D eigenvalue weighted by atomic mass is 10.2. The number of hydrogen-bond acceptors (Lipinski definition) is 7. The van der Waals surface area contributed by atoms with E-state index in [9.17, 15) is 13.0 Å². The van der Waals surface area contributed by atoms with E-state index < -0.39 is 15.9 Å². The summed E-state index contributed by atoms with van der Waals surface area (Å²) in [4.78, 5) is 2.08. The average molecular weight is 535 g/mol. The number of rotatable bonds is 9. The molecule has 0 atom stereocenters. The first-order chi connectivity index (χ1) is 16.7. The maximum Gasteiger partial charge on any atom is 0.263 e. The summed E-state index contributed by atoms with van der Waals surface area (Å²) in [6.45, 7) is 5.25. The van der Waals surface area contributed by atoms with Gasteiger partial charge in [-0.25, -0.2) is 8.42 Å². The fraction of sp³-hybridized carbons (Fsp3) is 0.320. The molecule has 0 unspecified atom stereocenters. The van der Waals surface area contributed by atoms with Crippen molar-refractivity contribution in [3.63, 3.8) is 0 Å². The van der Waals surface area contributed by atoms with Crippen molar-refractivity contribution in [2.75, 3.05) is 24.3 Å². The summed E-state index contributed by atoms with van der Waals surface area (Å²) >= 11 is 7.80. The lowest BCUT2D eigenvalue weighted by Crippen LogP contribution is -2.36. The number of nitrogens with zero attached hydrogens (tertiary/aromatic N) is 2. The predicted molar refractivity (Wildman–Crippen MR) is 139 cm³/mol. The molecule has 2 aromatic carbocycles. The molecule has 0 bridgehead atoms. The lowest BCUT2D eigenvalue weighted by molar-refractivity contribution is -0.668. The molecule has 1 aliphatic rings. The first-order valence-electron chi connectivity index (χ1n) is 11.3. The number of halogens is 1. The molecule has 3 aromatic rings. The fourth-order valence-corrected chi connectivity index (χ4v) is 5.81. The largest absolute Gasteiger partial charge is 0.748 e. The number of thiazole rings is 1. The second-order valence-corrected chi connectivity index (χ2v) is 11.1. The van der Waals surface area contributed by atoms with Gasteiger partial charge in [-0.3, -0.25) is 0 Å². The lowest BCUT2D eigenvalue weighted by Gasteiger charge is -2.16. The maximum absolute atomic E-state index is 11.2. The van der Waals surface area contributed by atoms with Gasteiger partial charge >= 0.3 is 0 Å². The highest BCUT2D eigenvalue weighted by Gasteiger charge is 2.26. The molecule has 0 aliphatic carbocycles. The Bertz CT molecular complexity index is 1410. The summed E-state index contributed by atoms with van der Waals surface area (Å²) in [5.41, 5.74) is 2.91. The van der Waals surface area contributed by atoms with Crippen LogP contribution in [0.25, 0.3) is 16.3 Å². The van der Waals surface area contributed by atoms with Gasteiger partial charge in [-0.15, -0.1) is 0 Å². The molecule has 4 rings (SSSR count). The van der Waals surface area contributed by atoms with Gasteiger partial charge in [-0.2, -0.15) is 4.57 Å². The normalized spacial score (nSPS) is 15.1. The quantitative estimate of drug-likeness (QED) is 0.272. The van der Waals surface area contributed by atoms with Gasteiger partial charge in [0, 0.05) is 35.9 Å². The number of anilines is 1. The highest BCUT2D eigenvalue weighted by molar-refractivity contribution is 7.85. The zero-order chi connectivity index (χ0) is 25.2. The third-order valence-electron chi connectivity index (χ3n) is 5.75. The Balaban J connectivity index is 1.73. The number of aromatic nitrogens is 1. The SMILES string of the molecule is CCC(/C=C1\Oc2ccc(Cl)cc2N1CC)=C\c1sc2ccc(OC)cc2[n+]1CCCS(=O)(=O)[O-]. The third-order valence-corrected chi connectivity index (χ3v) is 7.88. The van der Waals surface area contributed by atoms with Crippen molar-refractivity contribution < 1.29 is 27.0 Å². The van der Waals surface area contributed by atoms with Crippen LogP contribution in [-0.4, -0.2) is 32.4 Å². The predicted octanol–water partition coefficient (Wildman–Crippen LogP) is 5.34. The number of fused-ring (bicyclic) bond motifs is 2. The van der Waals surface area contributed by atoms with Crippen LogP contribution in [0.4, 0.5) is 5.69 Å². The van der Waals surface area contributed by atoms with Crippen LogP contribution < -0.4 is 18.9 Å². The van der Waals surface area contributed by atoms with Gasteiger partial charge in [0.2, 0.25) is 11.4 Å². The number of benzene rings is 2. The van der Waals surface area contributed by atoms with Gasteiger partial charge in [0.1, 0.15) is 10.4 Å². The number of aryl methyl sites for hydroxylation is 1. The Morgan fingerprint density at radius 3 is 2.74 bits per heavy atom. The topological polar surface area (TPSA) is 82.8 Å². The summed E-state index contributed by atoms with van der Waals surface area (Å²) in [6.07, 6.45) is 5.09. The minimum atomic E-state index is -4.28. The van der Waals surface area contributed by atoms with E-state index in [1.165, 1.54) is 0 Å². The van der Waals surface area contributed by atoms with Crippen molar-refractivity contribution in [2.45, 2.75) is 33.2 Å². The van der Waals surface area contributed by atoms with E-state index in [1.807, 2.05) is 47.0 Å². The number of methoxy groups -OCH3 is 1. The van der Waals surface area contributed by atoms with Crippen LogP contribution in [0.5, 0.6) is 11.5 Å². The van der Waals surface area contributed by atoms with Gasteiger partial charge in [0.15, 0.2) is 12.3 Å². The van der Waals surface area contributed by atoms with Crippen molar-refractivity contribution in [2.24, 2.45) is 0 Å². The molecule has 7 nitrogen and oxygen atoms in total. The van der Waals surface area contributed by atoms with Crippen molar-refractivity contribution in [3.05, 3.63) is 64.0 Å². The summed E-state index contributed by atoms with van der Waals surface area (Å²) in [5.74, 6) is 1.79. The molecule has 0 saturated carbocycles. The number of ether oxygens (including phenoxy) is 2. The van der Waals surface area contributed by atoms with E-state index in [2.05, 4.69) is 24.8 Å². The Kier molecular flexibility index (Phi) is 7.70. The van der Waals surface area contributed by atoms with Gasteiger partial charge in [-0.1, -0.05) is 29.9 Å². The van der Waals surface area contributed by atoms with Crippen molar-refractivity contribution >= 4 is 55.0 Å². The van der Waals surface area contributed by atoms with Crippen LogP contribution in [0, 0.1) is 0 Å². The summed E-state index contributed by atoms with van der Waals surface area (Å²) < 4.78 is 48.1. The zero-order valence-electron chi connectivity index (χ0n) is 19.8. The van der Waals surface area contributed by atoms with E-state index in [-0.39, 0.29) is 6.42 Å². The van der Waals surface area contributed by atoms with Gasteiger partial charge in [-0.05, 0) is 49.2 Å². The van der Waals surface area contributed by atoms with Gasteiger partial charge < -0.3 is 18.9 Å². The third kappa shape index (κ3) is 5.81. The molecule has 0 N–H and O–H groups in total. The monoisotopic (exact) mass is 534 g/mol. The van der Waals surface area contributed by atoms with E-state index in [4.69, 9.17) is 21.1 Å². The van der Waals surface area contributed by atoms with Crippen LogP contribution in [0.3, 0.4) is 0 Å². The number of allylic oxidation sites excluding steroid dienone is 2. The molecule has 2 heterocycles. The fourth-order valence-electron chi connectivity index (χ4n) is 4.02. The first-order valence-corrected chi connectivity index (χ1v) is 14.1. The molecule has 1 aliphatic heterocycles. The molecule has 1 aromatic heterocycles. The molecule has 35 heavy (non-hydrogen) atoms. The second kappa shape index (κ2) is 10.6. The molecular weight excluding hydrogens is 508 g/mol. The van der Waals surface area contributed by atoms with E-state index in [0.29, 0.717) is 17.3 Å². The van der Waals surface area contributed by atoms with Crippen LogP contribution in [-0.2, 0) is 16.7 Å². The molecule has 0 saturated heterocycles. The molecule has 10 heteroatoms. The summed E-state index contributed by atoms with van der Waals surface area (Å²) in [5, 5.41) is 1.60. The van der Waals surface area contributed by atoms with Crippen molar-refractivity contribution in [1.82, 2.24) is 0 Å². The highest BCUT2D eigenvalue weighted by atomic mass is 35.5.